The third kappa shape index (κ3) is 6.80. The Hall–Kier alpha value is -3.02. The van der Waals surface area contributed by atoms with Crippen LogP contribution in [-0.4, -0.2) is 64.2 Å². The minimum Gasteiger partial charge on any atom is -0.611 e. The zero-order valence-electron chi connectivity index (χ0n) is 20.4. The second-order valence-electron chi connectivity index (χ2n) is 8.74. The highest BCUT2D eigenvalue weighted by atomic mass is 32.2. The van der Waals surface area contributed by atoms with Crippen molar-refractivity contribution >= 4 is 40.3 Å². The van der Waals surface area contributed by atoms with E-state index in [9.17, 15) is 14.1 Å². The molecule has 192 valence electrons. The monoisotopic (exact) mass is 513 g/mol. The lowest BCUT2D eigenvalue weighted by atomic mass is 10.1. The second-order valence-corrected chi connectivity index (χ2v) is 10.3. The number of aromatic nitrogens is 2. The minimum atomic E-state index is -1.16. The molecule has 1 saturated heterocycles. The lowest BCUT2D eigenvalue weighted by Gasteiger charge is -2.14. The molecule has 1 aliphatic carbocycles. The molecule has 1 aromatic carbocycles. The number of nitrogens with one attached hydrogen (secondary N) is 1. The van der Waals surface area contributed by atoms with Crippen molar-refractivity contribution < 1.29 is 23.7 Å². The summed E-state index contributed by atoms with van der Waals surface area (Å²) in [6.45, 7) is 1.17. The number of carbonyl (C=O) groups is 2. The van der Waals surface area contributed by atoms with Crippen molar-refractivity contribution in [2.75, 3.05) is 36.2 Å². The molecule has 1 aliphatic heterocycles. The van der Waals surface area contributed by atoms with E-state index in [1.165, 1.54) is 12.4 Å². The van der Waals surface area contributed by atoms with Gasteiger partial charge < -0.3 is 19.4 Å². The number of ether oxygens (including phenoxy) is 1. The Morgan fingerprint density at radius 1 is 1.19 bits per heavy atom. The summed E-state index contributed by atoms with van der Waals surface area (Å²) in [7, 11) is 1.62. The molecule has 1 aromatic heterocycles. The van der Waals surface area contributed by atoms with Crippen LogP contribution in [0.1, 0.15) is 50.5 Å². The molecule has 0 bridgehead atoms. The van der Waals surface area contributed by atoms with Crippen LogP contribution in [0.3, 0.4) is 0 Å². The van der Waals surface area contributed by atoms with Crippen molar-refractivity contribution in [3.8, 4) is 0 Å². The van der Waals surface area contributed by atoms with Crippen LogP contribution in [0.25, 0.3) is 0 Å². The molecule has 10 nitrogen and oxygen atoms in total. The smallest absolute Gasteiger partial charge is 0.279 e. The number of oxime groups is 1. The van der Waals surface area contributed by atoms with E-state index in [1.807, 2.05) is 0 Å². The summed E-state index contributed by atoms with van der Waals surface area (Å²) >= 11 is -1.16. The number of amides is 2. The summed E-state index contributed by atoms with van der Waals surface area (Å²) in [5.74, 6) is 0.712. The zero-order chi connectivity index (χ0) is 25.3. The fourth-order valence-corrected chi connectivity index (χ4v) is 5.21. The van der Waals surface area contributed by atoms with E-state index in [0.29, 0.717) is 48.0 Å². The van der Waals surface area contributed by atoms with Gasteiger partial charge in [0, 0.05) is 32.1 Å². The van der Waals surface area contributed by atoms with Crippen LogP contribution in [0, 0.1) is 0 Å². The number of hydrogen-bond acceptors (Lipinski definition) is 8. The van der Waals surface area contributed by atoms with Gasteiger partial charge in [-0.1, -0.05) is 5.16 Å². The lowest BCUT2D eigenvalue weighted by molar-refractivity contribution is -0.117. The Bertz CT molecular complexity index is 1060. The number of nitrogens with zero attached hydrogens (tertiary/aromatic N) is 4. The van der Waals surface area contributed by atoms with Gasteiger partial charge >= 0.3 is 0 Å². The van der Waals surface area contributed by atoms with E-state index in [1.54, 1.807) is 36.3 Å². The van der Waals surface area contributed by atoms with Crippen LogP contribution >= 0.6 is 0 Å². The molecule has 1 N–H and O–H groups in total. The summed E-state index contributed by atoms with van der Waals surface area (Å²) in [6, 6.07) is 6.90. The van der Waals surface area contributed by atoms with Gasteiger partial charge in [-0.25, -0.2) is 9.97 Å². The molecule has 0 radical (unpaired) electrons. The molecule has 2 amide bonds. The number of anilines is 2. The van der Waals surface area contributed by atoms with Crippen LogP contribution in [0.2, 0.25) is 0 Å². The van der Waals surface area contributed by atoms with E-state index < -0.39 is 17.1 Å². The quantitative estimate of drug-likeness (QED) is 0.212. The number of carbonyl (C=O) groups excluding carboxylic acids is 2. The van der Waals surface area contributed by atoms with Crippen molar-refractivity contribution in [2.24, 2.45) is 5.16 Å². The van der Waals surface area contributed by atoms with Crippen molar-refractivity contribution in [1.82, 2.24) is 9.97 Å². The number of rotatable bonds is 11. The van der Waals surface area contributed by atoms with E-state index in [0.717, 1.165) is 32.1 Å². The molecule has 11 heteroatoms. The van der Waals surface area contributed by atoms with E-state index in [2.05, 4.69) is 20.4 Å². The molecule has 4 rings (SSSR count). The van der Waals surface area contributed by atoms with Crippen molar-refractivity contribution in [3.05, 3.63) is 42.2 Å². The topological polar surface area (TPSA) is 129 Å². The second kappa shape index (κ2) is 12.8. The number of methoxy groups -OCH3 is 1. The maximum atomic E-state index is 13.2. The Morgan fingerprint density at radius 3 is 2.61 bits per heavy atom. The summed E-state index contributed by atoms with van der Waals surface area (Å²) in [5, 5.41) is 6.92. The molecule has 36 heavy (non-hydrogen) atoms. The van der Waals surface area contributed by atoms with Crippen molar-refractivity contribution in [3.63, 3.8) is 0 Å². The first-order valence-electron chi connectivity index (χ1n) is 12.2. The van der Waals surface area contributed by atoms with Gasteiger partial charge in [0.25, 0.3) is 5.91 Å². The molecular weight excluding hydrogens is 482 g/mol. The minimum absolute atomic E-state index is 0.0163. The molecule has 1 saturated carbocycles. The van der Waals surface area contributed by atoms with Crippen LogP contribution < -0.4 is 10.2 Å². The Labute approximate surface area is 213 Å². The largest absolute Gasteiger partial charge is 0.611 e. The molecule has 1 atom stereocenters. The highest BCUT2D eigenvalue weighted by molar-refractivity contribution is 7.91. The molecule has 2 aromatic rings. The van der Waals surface area contributed by atoms with Gasteiger partial charge in [-0.15, -0.1) is 0 Å². The van der Waals surface area contributed by atoms with Crippen LogP contribution in [0.4, 0.5) is 11.6 Å². The third-order valence-electron chi connectivity index (χ3n) is 6.11. The predicted octanol–water partition coefficient (Wildman–Crippen LogP) is 3.05. The molecule has 2 fully saturated rings. The van der Waals surface area contributed by atoms with Crippen LogP contribution in [0.5, 0.6) is 0 Å². The predicted molar refractivity (Wildman–Crippen MR) is 136 cm³/mol. The first kappa shape index (κ1) is 26.1. The maximum Gasteiger partial charge on any atom is 0.279 e. The molecule has 1 unspecified atom stereocenters. The Balaban J connectivity index is 1.47. The number of benzene rings is 1. The highest BCUT2D eigenvalue weighted by Gasteiger charge is 2.24. The Morgan fingerprint density at radius 2 is 1.97 bits per heavy atom. The van der Waals surface area contributed by atoms with Gasteiger partial charge in [0.2, 0.25) is 5.91 Å². The van der Waals surface area contributed by atoms with Crippen molar-refractivity contribution in [1.29, 1.82) is 0 Å². The van der Waals surface area contributed by atoms with Gasteiger partial charge in [0.1, 0.15) is 11.9 Å². The normalized spacial score (nSPS) is 17.4. The van der Waals surface area contributed by atoms with E-state index in [-0.39, 0.29) is 23.5 Å². The van der Waals surface area contributed by atoms with Crippen LogP contribution in [0.15, 0.2) is 46.7 Å². The van der Waals surface area contributed by atoms with E-state index >= 15 is 0 Å². The highest BCUT2D eigenvalue weighted by Crippen LogP contribution is 2.22. The SMILES string of the molecule is COCCC[S+]([O-])c1ccc(/C(=N\OC2CCCC2)C(=O)Nc2cnc(N3CCCC3=O)cn2)cc1. The average Bonchev–Trinajstić information content (AvgIpc) is 3.57. The third-order valence-corrected chi connectivity index (χ3v) is 7.57. The molecule has 0 spiro atoms. The summed E-state index contributed by atoms with van der Waals surface area (Å²) < 4.78 is 17.5. The van der Waals surface area contributed by atoms with Gasteiger partial charge in [0.05, 0.1) is 19.0 Å². The maximum absolute atomic E-state index is 13.2. The van der Waals surface area contributed by atoms with E-state index in [4.69, 9.17) is 9.57 Å². The molecule has 2 heterocycles. The fourth-order valence-electron chi connectivity index (χ4n) is 4.15. The zero-order valence-corrected chi connectivity index (χ0v) is 21.2. The first-order valence-corrected chi connectivity index (χ1v) is 13.5. The van der Waals surface area contributed by atoms with Gasteiger partial charge in [-0.3, -0.25) is 14.5 Å². The fraction of sp³-hybridized carbons (Fsp3) is 0.480. The van der Waals surface area contributed by atoms with Crippen LogP contribution in [-0.2, 0) is 30.3 Å². The molecule has 2 aliphatic rings. The van der Waals surface area contributed by atoms with Gasteiger partial charge in [-0.05, 0) is 67.5 Å². The van der Waals surface area contributed by atoms with Gasteiger partial charge in [-0.2, -0.15) is 0 Å². The standard InChI is InChI=1S/C25H31N5O5S/c1-34-14-5-15-36(33)20-11-9-18(10-12-20)24(29-35-19-6-2-3-7-19)25(32)28-21-16-27-22(17-26-21)30-13-4-8-23(30)31/h9-12,16-17,19H,2-8,13-15H2,1H3,(H,26,28,32)/b29-24+. The number of hydrogen-bond donors (Lipinski definition) is 1. The summed E-state index contributed by atoms with van der Waals surface area (Å²) in [5.41, 5.74) is 0.634. The Kier molecular flexibility index (Phi) is 9.26. The average molecular weight is 514 g/mol. The lowest BCUT2D eigenvalue weighted by Crippen LogP contribution is -2.27. The first-order chi connectivity index (χ1) is 17.5. The summed E-state index contributed by atoms with van der Waals surface area (Å²) in [6.07, 6.45) is 8.82. The van der Waals surface area contributed by atoms with Gasteiger partial charge in [0.15, 0.2) is 22.2 Å². The van der Waals surface area contributed by atoms with Crippen molar-refractivity contribution in [2.45, 2.75) is 55.9 Å². The summed E-state index contributed by atoms with van der Waals surface area (Å²) in [4.78, 5) is 41.6. The molecular formula is C25H31N5O5S.